The summed E-state index contributed by atoms with van der Waals surface area (Å²) in [6.45, 7) is 8.64. The maximum absolute atomic E-state index is 13.0. The summed E-state index contributed by atoms with van der Waals surface area (Å²) in [5, 5.41) is 4.31. The number of amides is 1. The molecule has 1 N–H and O–H groups in total. The molecule has 2 aromatic heterocycles. The maximum Gasteiger partial charge on any atom is 0.291 e. The molecule has 8 heteroatoms. The molecule has 0 radical (unpaired) electrons. The van der Waals surface area contributed by atoms with Gasteiger partial charge >= 0.3 is 0 Å². The third kappa shape index (κ3) is 3.91. The van der Waals surface area contributed by atoms with Gasteiger partial charge in [-0.15, -0.1) is 0 Å². The second-order valence-electron chi connectivity index (χ2n) is 7.78. The van der Waals surface area contributed by atoms with Crippen molar-refractivity contribution in [3.63, 3.8) is 0 Å². The molecule has 8 nitrogen and oxygen atoms in total. The van der Waals surface area contributed by atoms with Gasteiger partial charge in [-0.3, -0.25) is 9.69 Å². The predicted octanol–water partition coefficient (Wildman–Crippen LogP) is 1.90. The zero-order valence-corrected chi connectivity index (χ0v) is 16.2. The fourth-order valence-electron chi connectivity index (χ4n) is 3.37. The number of fused-ring (bicyclic) bond motifs is 1. The Morgan fingerprint density at radius 2 is 2.04 bits per heavy atom. The third-order valence-electron chi connectivity index (χ3n) is 5.40. The van der Waals surface area contributed by atoms with E-state index in [1.54, 1.807) is 7.11 Å². The van der Waals surface area contributed by atoms with Gasteiger partial charge in [-0.1, -0.05) is 0 Å². The minimum Gasteiger partial charge on any atom is -0.443 e. The molecule has 0 spiro atoms. The lowest BCUT2D eigenvalue weighted by Crippen LogP contribution is -2.49. The number of hydrogen-bond donors (Lipinski definition) is 1. The molecule has 3 heterocycles. The molecule has 1 aliphatic carbocycles. The number of ether oxygens (including phenoxy) is 1. The molecule has 0 bridgehead atoms. The fourth-order valence-corrected chi connectivity index (χ4v) is 3.37. The molecule has 1 amide bonds. The van der Waals surface area contributed by atoms with Crippen molar-refractivity contribution in [2.75, 3.05) is 51.8 Å². The van der Waals surface area contributed by atoms with Gasteiger partial charge in [0, 0.05) is 45.4 Å². The average Bonchev–Trinajstić information content (AvgIpc) is 3.25. The van der Waals surface area contributed by atoms with Crippen LogP contribution in [-0.4, -0.2) is 77.7 Å². The molecular formula is C19H27N5O3. The quantitative estimate of drug-likeness (QED) is 0.828. The Labute approximate surface area is 158 Å². The number of methoxy groups -OCH3 is 1. The third-order valence-corrected chi connectivity index (χ3v) is 5.40. The van der Waals surface area contributed by atoms with Crippen LogP contribution in [0.2, 0.25) is 0 Å². The first-order valence-electron chi connectivity index (χ1n) is 9.54. The van der Waals surface area contributed by atoms with Crippen molar-refractivity contribution >= 4 is 22.8 Å². The standard InChI is InChI=1S/C19H27N5O3/c1-13-12-14-15(22-19(2)4-5-19)20-16(21-17(14)27-13)18(25)24-8-6-23(7-9-24)10-11-26-3/h12H,4-11H2,1-3H3,(H,20,21,22). The summed E-state index contributed by atoms with van der Waals surface area (Å²) in [6, 6.07) is 1.92. The zero-order chi connectivity index (χ0) is 19.0. The van der Waals surface area contributed by atoms with Gasteiger partial charge in [0.05, 0.1) is 12.0 Å². The summed E-state index contributed by atoms with van der Waals surface area (Å²) in [5.74, 6) is 1.52. The molecule has 27 heavy (non-hydrogen) atoms. The lowest BCUT2D eigenvalue weighted by Gasteiger charge is -2.34. The van der Waals surface area contributed by atoms with Crippen LogP contribution in [0, 0.1) is 6.92 Å². The van der Waals surface area contributed by atoms with Gasteiger partial charge in [0.15, 0.2) is 0 Å². The number of hydrogen-bond acceptors (Lipinski definition) is 7. The van der Waals surface area contributed by atoms with Crippen molar-refractivity contribution in [2.24, 2.45) is 0 Å². The van der Waals surface area contributed by atoms with Crippen LogP contribution < -0.4 is 5.32 Å². The summed E-state index contributed by atoms with van der Waals surface area (Å²) in [5.41, 5.74) is 0.524. The van der Waals surface area contributed by atoms with E-state index in [2.05, 4.69) is 27.1 Å². The van der Waals surface area contributed by atoms with Crippen LogP contribution in [0.15, 0.2) is 10.5 Å². The molecule has 1 aliphatic heterocycles. The Kier molecular flexibility index (Phi) is 4.77. The monoisotopic (exact) mass is 373 g/mol. The minimum atomic E-state index is -0.138. The number of nitrogens with one attached hydrogen (secondary N) is 1. The maximum atomic E-state index is 13.0. The molecule has 146 valence electrons. The van der Waals surface area contributed by atoms with Gasteiger partial charge in [-0.2, -0.15) is 4.98 Å². The van der Waals surface area contributed by atoms with Gasteiger partial charge < -0.3 is 19.4 Å². The van der Waals surface area contributed by atoms with E-state index in [-0.39, 0.29) is 17.3 Å². The molecule has 1 saturated heterocycles. The minimum absolute atomic E-state index is 0.0553. The zero-order valence-electron chi connectivity index (χ0n) is 16.2. The lowest BCUT2D eigenvalue weighted by atomic mass is 10.2. The molecular weight excluding hydrogens is 346 g/mol. The van der Waals surface area contributed by atoms with E-state index in [4.69, 9.17) is 9.15 Å². The van der Waals surface area contributed by atoms with Crippen LogP contribution >= 0.6 is 0 Å². The predicted molar refractivity (Wildman–Crippen MR) is 102 cm³/mol. The number of furan rings is 1. The Bertz CT molecular complexity index is 837. The van der Waals surface area contributed by atoms with Crippen LogP contribution in [0.3, 0.4) is 0 Å². The Morgan fingerprint density at radius 1 is 1.30 bits per heavy atom. The molecule has 0 aromatic carbocycles. The van der Waals surface area contributed by atoms with Crippen LogP contribution in [0.1, 0.15) is 36.1 Å². The summed E-state index contributed by atoms with van der Waals surface area (Å²) in [7, 11) is 1.71. The average molecular weight is 373 g/mol. The molecule has 2 aromatic rings. The van der Waals surface area contributed by atoms with E-state index in [0.29, 0.717) is 31.2 Å². The SMILES string of the molecule is COCCN1CCN(C(=O)c2nc(NC3(C)CC3)c3cc(C)oc3n2)CC1. The summed E-state index contributed by atoms with van der Waals surface area (Å²) in [6.07, 6.45) is 2.20. The van der Waals surface area contributed by atoms with Crippen LogP contribution in [0.5, 0.6) is 0 Å². The Balaban J connectivity index is 1.53. The van der Waals surface area contributed by atoms with Crippen molar-refractivity contribution in [3.05, 3.63) is 17.7 Å². The number of nitrogens with zero attached hydrogens (tertiary/aromatic N) is 4. The molecule has 0 unspecified atom stereocenters. The molecule has 0 atom stereocenters. The van der Waals surface area contributed by atoms with E-state index in [9.17, 15) is 4.79 Å². The van der Waals surface area contributed by atoms with E-state index < -0.39 is 0 Å². The largest absolute Gasteiger partial charge is 0.443 e. The second kappa shape index (κ2) is 7.09. The highest BCUT2D eigenvalue weighted by atomic mass is 16.5. The highest BCUT2D eigenvalue weighted by Gasteiger charge is 2.38. The van der Waals surface area contributed by atoms with Crippen LogP contribution in [0.25, 0.3) is 11.1 Å². The fraction of sp³-hybridized carbons (Fsp3) is 0.632. The van der Waals surface area contributed by atoms with Gasteiger partial charge in [-0.05, 0) is 32.8 Å². The van der Waals surface area contributed by atoms with Crippen LogP contribution in [-0.2, 0) is 4.74 Å². The normalized spacial score (nSPS) is 19.4. The summed E-state index contributed by atoms with van der Waals surface area (Å²) >= 11 is 0. The smallest absolute Gasteiger partial charge is 0.291 e. The van der Waals surface area contributed by atoms with E-state index in [0.717, 1.165) is 43.6 Å². The van der Waals surface area contributed by atoms with Gasteiger partial charge in [0.1, 0.15) is 11.6 Å². The lowest BCUT2D eigenvalue weighted by molar-refractivity contribution is 0.0583. The van der Waals surface area contributed by atoms with Crippen molar-refractivity contribution in [1.29, 1.82) is 0 Å². The number of aryl methyl sites for hydroxylation is 1. The molecule has 4 rings (SSSR count). The van der Waals surface area contributed by atoms with Crippen LogP contribution in [0.4, 0.5) is 5.82 Å². The number of anilines is 1. The van der Waals surface area contributed by atoms with E-state index in [1.165, 1.54) is 0 Å². The molecule has 1 saturated carbocycles. The summed E-state index contributed by atoms with van der Waals surface area (Å²) < 4.78 is 10.8. The van der Waals surface area contributed by atoms with E-state index in [1.807, 2.05) is 17.9 Å². The molecule has 2 aliphatic rings. The second-order valence-corrected chi connectivity index (χ2v) is 7.78. The van der Waals surface area contributed by atoms with Crippen molar-refractivity contribution < 1.29 is 13.9 Å². The van der Waals surface area contributed by atoms with Crippen molar-refractivity contribution in [1.82, 2.24) is 19.8 Å². The first-order valence-corrected chi connectivity index (χ1v) is 9.54. The van der Waals surface area contributed by atoms with Gasteiger partial charge in [0.2, 0.25) is 11.5 Å². The highest BCUT2D eigenvalue weighted by molar-refractivity contribution is 5.95. The van der Waals surface area contributed by atoms with Crippen molar-refractivity contribution in [2.45, 2.75) is 32.2 Å². The number of aromatic nitrogens is 2. The number of piperazine rings is 1. The number of rotatable bonds is 6. The Hall–Kier alpha value is -2.19. The number of carbonyl (C=O) groups is 1. The van der Waals surface area contributed by atoms with Gasteiger partial charge in [0.25, 0.3) is 5.91 Å². The van der Waals surface area contributed by atoms with E-state index >= 15 is 0 Å². The first kappa shape index (κ1) is 18.2. The topological polar surface area (TPSA) is 83.7 Å². The highest BCUT2D eigenvalue weighted by Crippen LogP contribution is 2.39. The number of carbonyl (C=O) groups excluding carboxylic acids is 1. The molecule has 2 fully saturated rings. The van der Waals surface area contributed by atoms with Crippen molar-refractivity contribution in [3.8, 4) is 0 Å². The Morgan fingerprint density at radius 3 is 2.70 bits per heavy atom. The summed E-state index contributed by atoms with van der Waals surface area (Å²) in [4.78, 5) is 26.1. The van der Waals surface area contributed by atoms with Gasteiger partial charge in [-0.25, -0.2) is 4.98 Å². The first-order chi connectivity index (χ1) is 13.0.